The van der Waals surface area contributed by atoms with Gasteiger partial charge in [0.05, 0.1) is 4.90 Å². The molecule has 6 heteroatoms. The molecule has 1 N–H and O–H groups in total. The van der Waals surface area contributed by atoms with E-state index in [-0.39, 0.29) is 6.54 Å². The van der Waals surface area contributed by atoms with Crippen LogP contribution in [0, 0.1) is 13.8 Å². The van der Waals surface area contributed by atoms with Crippen LogP contribution >= 0.6 is 0 Å². The molecular weight excluding hydrogens is 350 g/mol. The van der Waals surface area contributed by atoms with Crippen LogP contribution in [0.5, 0.6) is 0 Å². The first-order valence-corrected chi connectivity index (χ1v) is 9.72. The van der Waals surface area contributed by atoms with E-state index in [9.17, 15) is 18.3 Å². The predicted octanol–water partition coefficient (Wildman–Crippen LogP) is 3.52. The first kappa shape index (κ1) is 16.6. The van der Waals surface area contributed by atoms with E-state index in [1.54, 1.807) is 22.8 Å². The molecule has 5 nitrogen and oxygen atoms in total. The second-order valence-electron chi connectivity index (χ2n) is 6.53. The molecule has 0 radical (unpaired) electrons. The standard InChI is InChI=1S/C20H17NO4S/c1-12-7-8-17-15(9-12)20(13(2)21(17)10-19(22)23)16-11-26(24,25)18-6-4-3-5-14(16)18/h3-9,11H,10H2,1-2H3,(H,22,23). The quantitative estimate of drug-likeness (QED) is 0.768. The number of aliphatic carboxylic acids is 1. The van der Waals surface area contributed by atoms with Crippen LogP contribution in [-0.2, 0) is 21.2 Å². The fraction of sp³-hybridized carbons (Fsp3) is 0.150. The summed E-state index contributed by atoms with van der Waals surface area (Å²) in [6.07, 6.45) is 0. The zero-order chi connectivity index (χ0) is 18.6. The van der Waals surface area contributed by atoms with Crippen LogP contribution in [0.25, 0.3) is 16.5 Å². The predicted molar refractivity (Wildman–Crippen MR) is 99.8 cm³/mol. The summed E-state index contributed by atoms with van der Waals surface area (Å²) in [6.45, 7) is 3.62. The molecule has 26 heavy (non-hydrogen) atoms. The maximum absolute atomic E-state index is 12.6. The van der Waals surface area contributed by atoms with Gasteiger partial charge in [-0.25, -0.2) is 8.42 Å². The number of nitrogens with zero attached hydrogens (tertiary/aromatic N) is 1. The number of rotatable bonds is 3. The Labute approximate surface area is 151 Å². The number of aryl methyl sites for hydroxylation is 1. The highest BCUT2D eigenvalue weighted by Crippen LogP contribution is 2.42. The third-order valence-electron chi connectivity index (χ3n) is 4.80. The highest BCUT2D eigenvalue weighted by molar-refractivity contribution is 7.95. The number of carbonyl (C=O) groups is 1. The van der Waals surface area contributed by atoms with E-state index in [0.717, 1.165) is 27.7 Å². The first-order chi connectivity index (χ1) is 12.3. The summed E-state index contributed by atoms with van der Waals surface area (Å²) in [7, 11) is -3.50. The van der Waals surface area contributed by atoms with Crippen molar-refractivity contribution >= 4 is 32.3 Å². The molecule has 0 saturated carbocycles. The van der Waals surface area contributed by atoms with Gasteiger partial charge in [0.2, 0.25) is 9.84 Å². The van der Waals surface area contributed by atoms with Crippen molar-refractivity contribution in [2.75, 3.05) is 0 Å². The van der Waals surface area contributed by atoms with Crippen LogP contribution in [0.15, 0.2) is 52.8 Å². The number of sulfone groups is 1. The third kappa shape index (κ3) is 2.37. The molecule has 3 aromatic rings. The monoisotopic (exact) mass is 367 g/mol. The Balaban J connectivity index is 2.09. The second-order valence-corrected chi connectivity index (χ2v) is 8.30. The summed E-state index contributed by atoms with van der Waals surface area (Å²) >= 11 is 0. The smallest absolute Gasteiger partial charge is 0.323 e. The lowest BCUT2D eigenvalue weighted by atomic mass is 9.96. The van der Waals surface area contributed by atoms with Gasteiger partial charge < -0.3 is 9.67 Å². The summed E-state index contributed by atoms with van der Waals surface area (Å²) < 4.78 is 26.8. The van der Waals surface area contributed by atoms with Gasteiger partial charge in [-0.15, -0.1) is 0 Å². The summed E-state index contributed by atoms with van der Waals surface area (Å²) in [5, 5.41) is 11.5. The molecule has 1 aliphatic rings. The second kappa shape index (κ2) is 5.57. The minimum Gasteiger partial charge on any atom is -0.480 e. The summed E-state index contributed by atoms with van der Waals surface area (Å²) in [6, 6.07) is 12.7. The molecule has 2 aromatic carbocycles. The average molecular weight is 367 g/mol. The Morgan fingerprint density at radius 1 is 1.12 bits per heavy atom. The van der Waals surface area contributed by atoms with Crippen molar-refractivity contribution in [1.82, 2.24) is 4.57 Å². The van der Waals surface area contributed by atoms with Crippen molar-refractivity contribution in [2.24, 2.45) is 0 Å². The van der Waals surface area contributed by atoms with Crippen LogP contribution in [0.1, 0.15) is 22.4 Å². The van der Waals surface area contributed by atoms with E-state index >= 15 is 0 Å². The van der Waals surface area contributed by atoms with Gasteiger partial charge in [0.1, 0.15) is 6.54 Å². The molecular formula is C20H17NO4S. The van der Waals surface area contributed by atoms with Crippen molar-refractivity contribution in [3.8, 4) is 0 Å². The number of fused-ring (bicyclic) bond motifs is 2. The fourth-order valence-electron chi connectivity index (χ4n) is 3.69. The van der Waals surface area contributed by atoms with E-state index in [0.29, 0.717) is 16.0 Å². The molecule has 0 fully saturated rings. The Hall–Kier alpha value is -2.86. The maximum atomic E-state index is 12.6. The molecule has 2 heterocycles. The minimum absolute atomic E-state index is 0.174. The van der Waals surface area contributed by atoms with Gasteiger partial charge in [0, 0.05) is 38.7 Å². The normalized spacial score (nSPS) is 15.1. The van der Waals surface area contributed by atoms with Crippen molar-refractivity contribution in [2.45, 2.75) is 25.3 Å². The van der Waals surface area contributed by atoms with Gasteiger partial charge in [0.25, 0.3) is 0 Å². The highest BCUT2D eigenvalue weighted by Gasteiger charge is 2.30. The van der Waals surface area contributed by atoms with Crippen LogP contribution < -0.4 is 0 Å². The molecule has 0 bridgehead atoms. The number of carboxylic acids is 1. The summed E-state index contributed by atoms with van der Waals surface area (Å²) in [5.74, 6) is -0.939. The molecule has 0 amide bonds. The average Bonchev–Trinajstić information content (AvgIpc) is 2.99. The first-order valence-electron chi connectivity index (χ1n) is 8.17. The van der Waals surface area contributed by atoms with Crippen LogP contribution in [0.4, 0.5) is 0 Å². The van der Waals surface area contributed by atoms with E-state index < -0.39 is 15.8 Å². The van der Waals surface area contributed by atoms with E-state index in [1.165, 1.54) is 5.41 Å². The topological polar surface area (TPSA) is 76.4 Å². The Morgan fingerprint density at radius 3 is 2.58 bits per heavy atom. The van der Waals surface area contributed by atoms with Gasteiger partial charge in [0.15, 0.2) is 0 Å². The van der Waals surface area contributed by atoms with Crippen LogP contribution in [0.3, 0.4) is 0 Å². The molecule has 0 saturated heterocycles. The van der Waals surface area contributed by atoms with E-state index in [4.69, 9.17) is 0 Å². The van der Waals surface area contributed by atoms with Gasteiger partial charge in [-0.05, 0) is 32.0 Å². The van der Waals surface area contributed by atoms with E-state index in [2.05, 4.69) is 0 Å². The molecule has 0 unspecified atom stereocenters. The molecule has 132 valence electrons. The lowest BCUT2D eigenvalue weighted by Crippen LogP contribution is -2.10. The lowest BCUT2D eigenvalue weighted by molar-refractivity contribution is -0.137. The third-order valence-corrected chi connectivity index (χ3v) is 6.31. The Kier molecular flexibility index (Phi) is 3.56. The molecule has 0 aliphatic carbocycles. The van der Waals surface area contributed by atoms with Crippen molar-refractivity contribution < 1.29 is 18.3 Å². The van der Waals surface area contributed by atoms with Crippen molar-refractivity contribution in [3.05, 3.63) is 70.3 Å². The van der Waals surface area contributed by atoms with Crippen LogP contribution in [-0.4, -0.2) is 24.1 Å². The van der Waals surface area contributed by atoms with Gasteiger partial charge in [-0.1, -0.05) is 29.8 Å². The van der Waals surface area contributed by atoms with Crippen molar-refractivity contribution in [1.29, 1.82) is 0 Å². The SMILES string of the molecule is Cc1ccc2c(c1)c(C1=CS(=O)(=O)c3ccccc31)c(C)n2CC(=O)O. The molecule has 0 atom stereocenters. The zero-order valence-electron chi connectivity index (χ0n) is 14.4. The van der Waals surface area contributed by atoms with Gasteiger partial charge in [-0.3, -0.25) is 4.79 Å². The molecule has 0 spiro atoms. The Bertz CT molecular complexity index is 1220. The van der Waals surface area contributed by atoms with Crippen molar-refractivity contribution in [3.63, 3.8) is 0 Å². The maximum Gasteiger partial charge on any atom is 0.323 e. The lowest BCUT2D eigenvalue weighted by Gasteiger charge is -2.07. The number of carboxylic acid groups (broad SMARTS) is 1. The number of hydrogen-bond donors (Lipinski definition) is 1. The largest absolute Gasteiger partial charge is 0.480 e. The van der Waals surface area contributed by atoms with Gasteiger partial charge >= 0.3 is 5.97 Å². The minimum atomic E-state index is -3.50. The number of aromatic nitrogens is 1. The fourth-order valence-corrected chi connectivity index (χ4v) is 5.12. The summed E-state index contributed by atoms with van der Waals surface area (Å²) in [5.41, 5.74) is 4.61. The Morgan fingerprint density at radius 2 is 1.85 bits per heavy atom. The molecule has 1 aromatic heterocycles. The zero-order valence-corrected chi connectivity index (χ0v) is 15.2. The van der Waals surface area contributed by atoms with Crippen LogP contribution in [0.2, 0.25) is 0 Å². The number of benzene rings is 2. The molecule has 4 rings (SSSR count). The van der Waals surface area contributed by atoms with Gasteiger partial charge in [-0.2, -0.15) is 0 Å². The number of hydrogen-bond acceptors (Lipinski definition) is 3. The van der Waals surface area contributed by atoms with E-state index in [1.807, 2.05) is 38.1 Å². The highest BCUT2D eigenvalue weighted by atomic mass is 32.2. The summed E-state index contributed by atoms with van der Waals surface area (Å²) in [4.78, 5) is 11.6. The molecule has 1 aliphatic heterocycles.